The Kier molecular flexibility index (Phi) is 2.61. The maximum Gasteiger partial charge on any atom is 0.120 e. The zero-order chi connectivity index (χ0) is 13.6. The molecule has 2 aromatic carbocycles. The summed E-state index contributed by atoms with van der Waals surface area (Å²) < 4.78 is 5.85. The molecule has 0 radical (unpaired) electrons. The Bertz CT molecular complexity index is 645. The van der Waals surface area contributed by atoms with Gasteiger partial charge in [-0.1, -0.05) is 36.4 Å². The van der Waals surface area contributed by atoms with Crippen molar-refractivity contribution in [2.45, 2.75) is 37.4 Å². The highest BCUT2D eigenvalue weighted by Gasteiger charge is 2.38. The monoisotopic (exact) mass is 266 g/mol. The van der Waals surface area contributed by atoms with Gasteiger partial charge < -0.3 is 9.84 Å². The van der Waals surface area contributed by atoms with Crippen LogP contribution in [0.1, 0.15) is 36.0 Å². The molecule has 1 saturated carbocycles. The minimum absolute atomic E-state index is 0.385. The molecule has 102 valence electrons. The SMILES string of the molecule is OC1(c2cccc(OC3CC3)c2)CCc2ccccc21. The number of aryl methyl sites for hydroxylation is 1. The number of rotatable bonds is 3. The molecule has 0 amide bonds. The van der Waals surface area contributed by atoms with Crippen LogP contribution in [0.2, 0.25) is 0 Å². The van der Waals surface area contributed by atoms with Gasteiger partial charge in [-0.15, -0.1) is 0 Å². The Hall–Kier alpha value is -1.80. The second-order valence-corrected chi connectivity index (χ2v) is 5.86. The van der Waals surface area contributed by atoms with E-state index >= 15 is 0 Å². The lowest BCUT2D eigenvalue weighted by atomic mass is 9.88. The lowest BCUT2D eigenvalue weighted by molar-refractivity contribution is 0.0825. The molecule has 1 fully saturated rings. The number of ether oxygens (including phenoxy) is 1. The van der Waals surface area contributed by atoms with Crippen LogP contribution in [0.25, 0.3) is 0 Å². The lowest BCUT2D eigenvalue weighted by Gasteiger charge is -2.25. The molecule has 0 bridgehead atoms. The van der Waals surface area contributed by atoms with Gasteiger partial charge in [0.15, 0.2) is 0 Å². The summed E-state index contributed by atoms with van der Waals surface area (Å²) in [6.45, 7) is 0. The first-order valence-electron chi connectivity index (χ1n) is 7.34. The van der Waals surface area contributed by atoms with E-state index in [0.29, 0.717) is 6.10 Å². The molecule has 2 aliphatic carbocycles. The fraction of sp³-hybridized carbons (Fsp3) is 0.333. The molecule has 1 unspecified atom stereocenters. The van der Waals surface area contributed by atoms with Gasteiger partial charge in [0.1, 0.15) is 11.4 Å². The van der Waals surface area contributed by atoms with Crippen molar-refractivity contribution in [3.8, 4) is 5.75 Å². The fourth-order valence-electron chi connectivity index (χ4n) is 3.10. The quantitative estimate of drug-likeness (QED) is 0.922. The second-order valence-electron chi connectivity index (χ2n) is 5.86. The summed E-state index contributed by atoms with van der Waals surface area (Å²) in [6, 6.07) is 16.1. The molecule has 2 aliphatic rings. The van der Waals surface area contributed by atoms with Crippen LogP contribution in [0.15, 0.2) is 48.5 Å². The van der Waals surface area contributed by atoms with Crippen LogP contribution in [0.4, 0.5) is 0 Å². The molecule has 2 aromatic rings. The van der Waals surface area contributed by atoms with E-state index in [9.17, 15) is 5.11 Å². The van der Waals surface area contributed by atoms with Crippen LogP contribution < -0.4 is 4.74 Å². The van der Waals surface area contributed by atoms with Gasteiger partial charge in [0.2, 0.25) is 0 Å². The topological polar surface area (TPSA) is 29.5 Å². The lowest BCUT2D eigenvalue weighted by Crippen LogP contribution is -2.23. The third kappa shape index (κ3) is 1.92. The minimum Gasteiger partial charge on any atom is -0.490 e. The van der Waals surface area contributed by atoms with E-state index in [2.05, 4.69) is 6.07 Å². The Morgan fingerprint density at radius 3 is 2.75 bits per heavy atom. The molecule has 0 heterocycles. The van der Waals surface area contributed by atoms with Crippen LogP contribution >= 0.6 is 0 Å². The summed E-state index contributed by atoms with van der Waals surface area (Å²) in [6.07, 6.45) is 4.37. The number of fused-ring (bicyclic) bond motifs is 1. The maximum atomic E-state index is 11.1. The smallest absolute Gasteiger partial charge is 0.120 e. The zero-order valence-corrected chi connectivity index (χ0v) is 11.4. The van der Waals surface area contributed by atoms with Crippen LogP contribution in [0, 0.1) is 0 Å². The molecular formula is C18H18O2. The summed E-state index contributed by atoms with van der Waals surface area (Å²) >= 11 is 0. The van der Waals surface area contributed by atoms with Crippen molar-refractivity contribution in [3.05, 3.63) is 65.2 Å². The highest BCUT2D eigenvalue weighted by atomic mass is 16.5. The third-order valence-electron chi connectivity index (χ3n) is 4.36. The summed E-state index contributed by atoms with van der Waals surface area (Å²) in [7, 11) is 0. The highest BCUT2D eigenvalue weighted by molar-refractivity contribution is 5.46. The molecular weight excluding hydrogens is 248 g/mol. The molecule has 2 nitrogen and oxygen atoms in total. The predicted molar refractivity (Wildman–Crippen MR) is 77.9 cm³/mol. The number of aliphatic hydroxyl groups is 1. The van der Waals surface area contributed by atoms with Crippen LogP contribution in [-0.4, -0.2) is 11.2 Å². The molecule has 0 aromatic heterocycles. The van der Waals surface area contributed by atoms with Crippen molar-refractivity contribution in [2.75, 3.05) is 0 Å². The van der Waals surface area contributed by atoms with E-state index in [4.69, 9.17) is 4.74 Å². The number of benzene rings is 2. The average Bonchev–Trinajstić information content (AvgIpc) is 3.23. The fourth-order valence-corrected chi connectivity index (χ4v) is 3.10. The standard InChI is InChI=1S/C18H18O2/c19-18(11-10-13-4-1-2-7-17(13)18)14-5-3-6-16(12-14)20-15-8-9-15/h1-7,12,15,19H,8-11H2. The second kappa shape index (κ2) is 4.35. The van der Waals surface area contributed by atoms with Gasteiger partial charge in [0.25, 0.3) is 0 Å². The molecule has 0 saturated heterocycles. The zero-order valence-electron chi connectivity index (χ0n) is 11.4. The first-order valence-corrected chi connectivity index (χ1v) is 7.34. The van der Waals surface area contributed by atoms with Gasteiger partial charge in [-0.25, -0.2) is 0 Å². The number of hydrogen-bond donors (Lipinski definition) is 1. The number of hydrogen-bond acceptors (Lipinski definition) is 2. The largest absolute Gasteiger partial charge is 0.490 e. The first kappa shape index (κ1) is 12.0. The van der Waals surface area contributed by atoms with Gasteiger partial charge in [0, 0.05) is 0 Å². The van der Waals surface area contributed by atoms with E-state index in [1.807, 2.05) is 42.5 Å². The normalized spacial score (nSPS) is 24.4. The van der Waals surface area contributed by atoms with Gasteiger partial charge in [-0.3, -0.25) is 0 Å². The molecule has 1 N–H and O–H groups in total. The van der Waals surface area contributed by atoms with Crippen LogP contribution in [-0.2, 0) is 12.0 Å². The van der Waals surface area contributed by atoms with E-state index in [-0.39, 0.29) is 0 Å². The van der Waals surface area contributed by atoms with Crippen molar-refractivity contribution in [2.24, 2.45) is 0 Å². The molecule has 20 heavy (non-hydrogen) atoms. The molecule has 1 atom stereocenters. The van der Waals surface area contributed by atoms with Crippen molar-refractivity contribution >= 4 is 0 Å². The highest BCUT2D eigenvalue weighted by Crippen LogP contribution is 2.42. The Balaban J connectivity index is 1.73. The Labute approximate surface area is 119 Å². The van der Waals surface area contributed by atoms with Crippen molar-refractivity contribution in [1.29, 1.82) is 0 Å². The first-order chi connectivity index (χ1) is 9.75. The summed E-state index contributed by atoms with van der Waals surface area (Å²) in [4.78, 5) is 0. The predicted octanol–water partition coefficient (Wildman–Crippen LogP) is 3.41. The van der Waals surface area contributed by atoms with Crippen molar-refractivity contribution in [1.82, 2.24) is 0 Å². The van der Waals surface area contributed by atoms with E-state index in [0.717, 1.165) is 42.6 Å². The average molecular weight is 266 g/mol. The van der Waals surface area contributed by atoms with E-state index in [1.54, 1.807) is 0 Å². The van der Waals surface area contributed by atoms with Crippen molar-refractivity contribution in [3.63, 3.8) is 0 Å². The van der Waals surface area contributed by atoms with Gasteiger partial charge in [0.05, 0.1) is 6.10 Å². The molecule has 0 spiro atoms. The van der Waals surface area contributed by atoms with E-state index in [1.165, 1.54) is 5.56 Å². The van der Waals surface area contributed by atoms with Crippen LogP contribution in [0.3, 0.4) is 0 Å². The Morgan fingerprint density at radius 2 is 1.90 bits per heavy atom. The summed E-state index contributed by atoms with van der Waals surface area (Å²) in [5.74, 6) is 0.878. The molecule has 0 aliphatic heterocycles. The summed E-state index contributed by atoms with van der Waals surface area (Å²) in [5, 5.41) is 11.1. The molecule has 2 heteroatoms. The van der Waals surface area contributed by atoms with Gasteiger partial charge >= 0.3 is 0 Å². The molecule has 4 rings (SSSR count). The van der Waals surface area contributed by atoms with Gasteiger partial charge in [-0.2, -0.15) is 0 Å². The maximum absolute atomic E-state index is 11.1. The van der Waals surface area contributed by atoms with E-state index < -0.39 is 5.60 Å². The minimum atomic E-state index is -0.862. The Morgan fingerprint density at radius 1 is 1.05 bits per heavy atom. The van der Waals surface area contributed by atoms with Gasteiger partial charge in [-0.05, 0) is 54.5 Å². The summed E-state index contributed by atoms with van der Waals surface area (Å²) in [5.41, 5.74) is 2.38. The third-order valence-corrected chi connectivity index (χ3v) is 4.36. The van der Waals surface area contributed by atoms with Crippen LogP contribution in [0.5, 0.6) is 5.75 Å². The van der Waals surface area contributed by atoms with Crippen molar-refractivity contribution < 1.29 is 9.84 Å².